The van der Waals surface area contributed by atoms with Gasteiger partial charge >= 0.3 is 0 Å². The van der Waals surface area contributed by atoms with Crippen LogP contribution in [0.3, 0.4) is 0 Å². The Kier molecular flexibility index (Phi) is 4.77. The largest absolute Gasteiger partial charge is 0.476 e. The topological polar surface area (TPSA) is 37.4 Å². The van der Waals surface area contributed by atoms with E-state index in [1.165, 1.54) is 24.0 Å². The van der Waals surface area contributed by atoms with Crippen molar-refractivity contribution in [2.45, 2.75) is 39.3 Å². The minimum absolute atomic E-state index is 0.708. The van der Waals surface area contributed by atoms with Gasteiger partial charge in [-0.3, -0.25) is 0 Å². The first-order valence-corrected chi connectivity index (χ1v) is 7.06. The summed E-state index contributed by atoms with van der Waals surface area (Å²) < 4.78 is 5.91. The van der Waals surface area contributed by atoms with Crippen LogP contribution in [0, 0.1) is 13.8 Å². The molecular formula is C15H25N3O. The highest BCUT2D eigenvalue weighted by molar-refractivity contribution is 5.35. The molecule has 0 amide bonds. The molecule has 0 bridgehead atoms. The molecule has 0 aliphatic heterocycles. The van der Waals surface area contributed by atoms with E-state index in [9.17, 15) is 0 Å². The lowest BCUT2D eigenvalue weighted by Gasteiger charge is -2.17. The second-order valence-corrected chi connectivity index (χ2v) is 5.45. The lowest BCUT2D eigenvalue weighted by atomic mass is 10.1. The molecule has 0 unspecified atom stereocenters. The van der Waals surface area contributed by atoms with E-state index in [2.05, 4.69) is 35.2 Å². The van der Waals surface area contributed by atoms with Crippen molar-refractivity contribution in [2.24, 2.45) is 0 Å². The number of nitrogens with zero attached hydrogens (tertiary/aromatic N) is 2. The molecular weight excluding hydrogens is 238 g/mol. The third kappa shape index (κ3) is 3.91. The molecule has 1 fully saturated rings. The molecule has 4 heteroatoms. The summed E-state index contributed by atoms with van der Waals surface area (Å²) in [7, 11) is 4.12. The summed E-state index contributed by atoms with van der Waals surface area (Å²) in [6.07, 6.45) is 2.67. The van der Waals surface area contributed by atoms with Crippen LogP contribution in [0.5, 0.6) is 5.88 Å². The second kappa shape index (κ2) is 6.35. The van der Waals surface area contributed by atoms with Crippen LogP contribution in [-0.2, 0) is 6.54 Å². The van der Waals surface area contributed by atoms with E-state index in [0.717, 1.165) is 30.7 Å². The van der Waals surface area contributed by atoms with Crippen molar-refractivity contribution >= 4 is 0 Å². The van der Waals surface area contributed by atoms with Crippen LogP contribution in [0.4, 0.5) is 0 Å². The number of nitrogens with one attached hydrogen (secondary N) is 1. The van der Waals surface area contributed by atoms with Crippen LogP contribution in [-0.4, -0.2) is 43.2 Å². The lowest BCUT2D eigenvalue weighted by molar-refractivity contribution is 0.224. The quantitative estimate of drug-likeness (QED) is 0.815. The molecule has 4 nitrogen and oxygen atoms in total. The fourth-order valence-electron chi connectivity index (χ4n) is 2.32. The molecule has 2 rings (SSSR count). The summed E-state index contributed by atoms with van der Waals surface area (Å²) in [6, 6.07) is 2.89. The molecule has 0 radical (unpaired) electrons. The van der Waals surface area contributed by atoms with Crippen molar-refractivity contribution in [3.63, 3.8) is 0 Å². The van der Waals surface area contributed by atoms with Crippen molar-refractivity contribution in [3.8, 4) is 5.88 Å². The standard InChI is InChI=1S/C15H25N3O/c1-11-9-12(2)17-15(14(11)10-16-3)19-8-7-18(4)13-5-6-13/h9,13,16H,5-8,10H2,1-4H3. The van der Waals surface area contributed by atoms with Gasteiger partial charge < -0.3 is 15.0 Å². The molecule has 1 aliphatic rings. The van der Waals surface area contributed by atoms with Gasteiger partial charge in [0.2, 0.25) is 5.88 Å². The Hall–Kier alpha value is -1.13. The molecule has 19 heavy (non-hydrogen) atoms. The predicted octanol–water partition coefficient (Wildman–Crippen LogP) is 1.89. The number of hydrogen-bond donors (Lipinski definition) is 1. The Morgan fingerprint density at radius 2 is 2.16 bits per heavy atom. The van der Waals surface area contributed by atoms with Gasteiger partial charge in [-0.05, 0) is 52.4 Å². The molecule has 1 saturated carbocycles. The van der Waals surface area contributed by atoms with Crippen molar-refractivity contribution < 1.29 is 4.74 Å². The number of pyridine rings is 1. The summed E-state index contributed by atoms with van der Waals surface area (Å²) >= 11 is 0. The molecule has 1 aromatic rings. The van der Waals surface area contributed by atoms with Crippen molar-refractivity contribution in [3.05, 3.63) is 22.9 Å². The molecule has 1 aromatic heterocycles. The molecule has 1 heterocycles. The maximum Gasteiger partial charge on any atom is 0.218 e. The molecule has 0 aromatic carbocycles. The number of aryl methyl sites for hydroxylation is 2. The normalized spacial score (nSPS) is 15.0. The summed E-state index contributed by atoms with van der Waals surface area (Å²) in [4.78, 5) is 6.90. The van der Waals surface area contributed by atoms with Crippen molar-refractivity contribution in [1.82, 2.24) is 15.2 Å². The third-order valence-electron chi connectivity index (χ3n) is 3.64. The second-order valence-electron chi connectivity index (χ2n) is 5.45. The number of rotatable bonds is 7. The van der Waals surface area contributed by atoms with Gasteiger partial charge in [0, 0.05) is 30.4 Å². The van der Waals surface area contributed by atoms with Gasteiger partial charge in [0.05, 0.1) is 0 Å². The minimum Gasteiger partial charge on any atom is -0.476 e. The first-order chi connectivity index (χ1) is 9.11. The van der Waals surface area contributed by atoms with Gasteiger partial charge in [-0.1, -0.05) is 0 Å². The van der Waals surface area contributed by atoms with Crippen LogP contribution < -0.4 is 10.1 Å². The maximum absolute atomic E-state index is 5.91. The minimum atomic E-state index is 0.708. The summed E-state index contributed by atoms with van der Waals surface area (Å²) in [5, 5.41) is 3.18. The Labute approximate surface area is 116 Å². The average Bonchev–Trinajstić information content (AvgIpc) is 3.17. The van der Waals surface area contributed by atoms with Crippen LogP contribution in [0.1, 0.15) is 29.7 Å². The zero-order valence-electron chi connectivity index (χ0n) is 12.5. The van der Waals surface area contributed by atoms with Gasteiger partial charge in [0.25, 0.3) is 0 Å². The molecule has 1 aliphatic carbocycles. The SMILES string of the molecule is CNCc1c(C)cc(C)nc1OCCN(C)C1CC1. The first-order valence-electron chi connectivity index (χ1n) is 7.06. The van der Waals surface area contributed by atoms with Gasteiger partial charge in [-0.15, -0.1) is 0 Å². The van der Waals surface area contributed by atoms with Crippen LogP contribution >= 0.6 is 0 Å². The average molecular weight is 263 g/mol. The molecule has 1 N–H and O–H groups in total. The van der Waals surface area contributed by atoms with E-state index in [4.69, 9.17) is 4.74 Å². The number of hydrogen-bond acceptors (Lipinski definition) is 4. The van der Waals surface area contributed by atoms with Gasteiger partial charge in [0.1, 0.15) is 6.61 Å². The van der Waals surface area contributed by atoms with E-state index >= 15 is 0 Å². The summed E-state index contributed by atoms with van der Waals surface area (Å²) in [6.45, 7) is 6.61. The zero-order chi connectivity index (χ0) is 13.8. The van der Waals surface area contributed by atoms with E-state index in [1.54, 1.807) is 0 Å². The Morgan fingerprint density at radius 3 is 2.79 bits per heavy atom. The molecule has 106 valence electrons. The van der Waals surface area contributed by atoms with Gasteiger partial charge in [-0.25, -0.2) is 4.98 Å². The van der Waals surface area contributed by atoms with E-state index in [1.807, 2.05) is 14.0 Å². The fourth-order valence-corrected chi connectivity index (χ4v) is 2.32. The third-order valence-corrected chi connectivity index (χ3v) is 3.64. The molecule has 0 saturated heterocycles. The highest BCUT2D eigenvalue weighted by Gasteiger charge is 2.25. The number of ether oxygens (including phenoxy) is 1. The fraction of sp³-hybridized carbons (Fsp3) is 0.667. The highest BCUT2D eigenvalue weighted by atomic mass is 16.5. The summed E-state index contributed by atoms with van der Waals surface area (Å²) in [5.41, 5.74) is 3.43. The predicted molar refractivity (Wildman–Crippen MR) is 77.6 cm³/mol. The summed E-state index contributed by atoms with van der Waals surface area (Å²) in [5.74, 6) is 0.788. The Morgan fingerprint density at radius 1 is 1.42 bits per heavy atom. The Balaban J connectivity index is 1.97. The van der Waals surface area contributed by atoms with Gasteiger partial charge in [0.15, 0.2) is 0 Å². The highest BCUT2D eigenvalue weighted by Crippen LogP contribution is 2.25. The van der Waals surface area contributed by atoms with E-state index < -0.39 is 0 Å². The van der Waals surface area contributed by atoms with Crippen LogP contribution in [0.25, 0.3) is 0 Å². The van der Waals surface area contributed by atoms with Crippen molar-refractivity contribution in [2.75, 3.05) is 27.2 Å². The van der Waals surface area contributed by atoms with Gasteiger partial charge in [-0.2, -0.15) is 0 Å². The molecule has 0 spiro atoms. The smallest absolute Gasteiger partial charge is 0.218 e. The monoisotopic (exact) mass is 263 g/mol. The zero-order valence-corrected chi connectivity index (χ0v) is 12.5. The van der Waals surface area contributed by atoms with Crippen LogP contribution in [0.2, 0.25) is 0 Å². The van der Waals surface area contributed by atoms with Crippen LogP contribution in [0.15, 0.2) is 6.07 Å². The Bertz CT molecular complexity index is 430. The lowest BCUT2D eigenvalue weighted by Crippen LogP contribution is -2.26. The van der Waals surface area contributed by atoms with E-state index in [0.29, 0.717) is 6.61 Å². The molecule has 0 atom stereocenters. The first kappa shape index (κ1) is 14.3. The van der Waals surface area contributed by atoms with Crippen molar-refractivity contribution in [1.29, 1.82) is 0 Å². The number of aromatic nitrogens is 1. The maximum atomic E-state index is 5.91. The van der Waals surface area contributed by atoms with E-state index in [-0.39, 0.29) is 0 Å². The number of likely N-dealkylation sites (N-methyl/N-ethyl adjacent to an activating group) is 1.